The average Bonchev–Trinajstić information content (AvgIpc) is 2.39. The monoisotopic (exact) mass is 256 g/mol. The molecule has 0 aliphatic rings. The largest absolute Gasteiger partial charge is 0.332 e. The fourth-order valence-electron chi connectivity index (χ4n) is 1.78. The standard InChI is InChI=1S/C15H16N2S/c1-12-8-6-7-11-14(12)17(2)15(18)16-13-9-4-3-5-10-13/h3-11H,1-2H3,(H,16,18). The molecule has 0 spiro atoms. The van der Waals surface area contributed by atoms with Crippen LogP contribution in [-0.4, -0.2) is 12.2 Å². The van der Waals surface area contributed by atoms with Gasteiger partial charge < -0.3 is 10.2 Å². The Kier molecular flexibility index (Phi) is 3.95. The van der Waals surface area contributed by atoms with Crippen LogP contribution in [0.4, 0.5) is 11.4 Å². The Bertz CT molecular complexity index is 537. The summed E-state index contributed by atoms with van der Waals surface area (Å²) >= 11 is 5.42. The van der Waals surface area contributed by atoms with Crippen LogP contribution in [0.5, 0.6) is 0 Å². The molecule has 2 aromatic carbocycles. The number of nitrogens with zero attached hydrogens (tertiary/aromatic N) is 1. The Hall–Kier alpha value is -1.87. The van der Waals surface area contributed by atoms with E-state index in [9.17, 15) is 0 Å². The van der Waals surface area contributed by atoms with E-state index in [1.165, 1.54) is 5.56 Å². The first-order valence-corrected chi connectivity index (χ1v) is 6.24. The molecule has 0 fully saturated rings. The number of benzene rings is 2. The Labute approximate surface area is 113 Å². The second kappa shape index (κ2) is 5.65. The number of para-hydroxylation sites is 2. The molecular weight excluding hydrogens is 240 g/mol. The number of hydrogen-bond donors (Lipinski definition) is 1. The van der Waals surface area contributed by atoms with Crippen LogP contribution in [0.2, 0.25) is 0 Å². The van der Waals surface area contributed by atoms with Gasteiger partial charge in [-0.15, -0.1) is 0 Å². The molecule has 0 aliphatic heterocycles. The molecule has 1 N–H and O–H groups in total. The van der Waals surface area contributed by atoms with E-state index < -0.39 is 0 Å². The van der Waals surface area contributed by atoms with Gasteiger partial charge in [0.25, 0.3) is 0 Å². The number of hydrogen-bond acceptors (Lipinski definition) is 1. The van der Waals surface area contributed by atoms with E-state index in [-0.39, 0.29) is 0 Å². The van der Waals surface area contributed by atoms with E-state index in [4.69, 9.17) is 12.2 Å². The summed E-state index contributed by atoms with van der Waals surface area (Å²) in [5, 5.41) is 3.92. The maximum atomic E-state index is 5.42. The van der Waals surface area contributed by atoms with Gasteiger partial charge in [0.2, 0.25) is 0 Å². The van der Waals surface area contributed by atoms with Gasteiger partial charge in [0.1, 0.15) is 0 Å². The van der Waals surface area contributed by atoms with E-state index in [1.54, 1.807) is 0 Å². The third-order valence-corrected chi connectivity index (χ3v) is 3.18. The van der Waals surface area contributed by atoms with Crippen LogP contribution < -0.4 is 10.2 Å². The molecule has 0 unspecified atom stereocenters. The van der Waals surface area contributed by atoms with Crippen LogP contribution in [0.25, 0.3) is 0 Å². The van der Waals surface area contributed by atoms with Crippen LogP contribution in [-0.2, 0) is 0 Å². The fraction of sp³-hybridized carbons (Fsp3) is 0.133. The molecule has 0 aliphatic carbocycles. The van der Waals surface area contributed by atoms with Crippen molar-refractivity contribution >= 4 is 28.7 Å². The average molecular weight is 256 g/mol. The fourth-order valence-corrected chi connectivity index (χ4v) is 1.99. The third kappa shape index (κ3) is 2.87. The molecule has 18 heavy (non-hydrogen) atoms. The first-order valence-electron chi connectivity index (χ1n) is 5.84. The molecule has 0 bridgehead atoms. The summed E-state index contributed by atoms with van der Waals surface area (Å²) in [5.41, 5.74) is 3.33. The Morgan fingerprint density at radius 3 is 2.28 bits per heavy atom. The van der Waals surface area contributed by atoms with Crippen molar-refractivity contribution in [3.63, 3.8) is 0 Å². The van der Waals surface area contributed by atoms with Gasteiger partial charge in [0.05, 0.1) is 0 Å². The zero-order valence-corrected chi connectivity index (χ0v) is 11.4. The van der Waals surface area contributed by atoms with Crippen LogP contribution in [0.3, 0.4) is 0 Å². The highest BCUT2D eigenvalue weighted by Crippen LogP contribution is 2.19. The summed E-state index contributed by atoms with van der Waals surface area (Å²) in [5.74, 6) is 0. The van der Waals surface area contributed by atoms with Crippen molar-refractivity contribution in [2.24, 2.45) is 0 Å². The van der Waals surface area contributed by atoms with Crippen molar-refractivity contribution in [2.75, 3.05) is 17.3 Å². The van der Waals surface area contributed by atoms with Crippen LogP contribution in [0.1, 0.15) is 5.56 Å². The van der Waals surface area contributed by atoms with Crippen LogP contribution in [0.15, 0.2) is 54.6 Å². The van der Waals surface area contributed by atoms with Crippen LogP contribution >= 0.6 is 12.2 Å². The number of rotatable bonds is 2. The lowest BCUT2D eigenvalue weighted by Crippen LogP contribution is -2.31. The molecular formula is C15H16N2S. The van der Waals surface area contributed by atoms with E-state index in [2.05, 4.69) is 24.4 Å². The Balaban J connectivity index is 2.13. The molecule has 0 radical (unpaired) electrons. The van der Waals surface area contributed by atoms with Gasteiger partial charge in [-0.05, 0) is 42.9 Å². The van der Waals surface area contributed by atoms with Gasteiger partial charge in [-0.25, -0.2) is 0 Å². The van der Waals surface area contributed by atoms with Gasteiger partial charge in [-0.1, -0.05) is 36.4 Å². The molecule has 0 saturated heterocycles. The lowest BCUT2D eigenvalue weighted by atomic mass is 10.2. The smallest absolute Gasteiger partial charge is 0.177 e. The molecule has 3 heteroatoms. The predicted molar refractivity (Wildman–Crippen MR) is 82.2 cm³/mol. The van der Waals surface area contributed by atoms with Crippen molar-refractivity contribution in [1.29, 1.82) is 0 Å². The number of thiocarbonyl (C=S) groups is 1. The zero-order chi connectivity index (χ0) is 13.0. The van der Waals surface area contributed by atoms with Gasteiger partial charge in [-0.2, -0.15) is 0 Å². The van der Waals surface area contributed by atoms with Gasteiger partial charge >= 0.3 is 0 Å². The quantitative estimate of drug-likeness (QED) is 0.822. The second-order valence-corrected chi connectivity index (χ2v) is 4.53. The zero-order valence-electron chi connectivity index (χ0n) is 10.6. The van der Waals surface area contributed by atoms with E-state index in [0.29, 0.717) is 5.11 Å². The number of aryl methyl sites for hydroxylation is 1. The molecule has 0 heterocycles. The first-order chi connectivity index (χ1) is 8.68. The summed E-state index contributed by atoms with van der Waals surface area (Å²) in [7, 11) is 1.97. The van der Waals surface area contributed by atoms with Crippen molar-refractivity contribution in [3.8, 4) is 0 Å². The third-order valence-electron chi connectivity index (χ3n) is 2.81. The minimum absolute atomic E-state index is 0.690. The SMILES string of the molecule is Cc1ccccc1N(C)C(=S)Nc1ccccc1. The lowest BCUT2D eigenvalue weighted by molar-refractivity contribution is 1.24. The summed E-state index contributed by atoms with van der Waals surface area (Å²) in [4.78, 5) is 1.98. The van der Waals surface area contributed by atoms with Crippen molar-refractivity contribution in [2.45, 2.75) is 6.92 Å². The maximum absolute atomic E-state index is 5.42. The van der Waals surface area contributed by atoms with Crippen molar-refractivity contribution in [1.82, 2.24) is 0 Å². The normalized spacial score (nSPS) is 9.89. The molecule has 0 atom stereocenters. The van der Waals surface area contributed by atoms with E-state index in [1.807, 2.05) is 54.4 Å². The Morgan fingerprint density at radius 1 is 1.00 bits per heavy atom. The summed E-state index contributed by atoms with van der Waals surface area (Å²) in [6, 6.07) is 18.1. The molecule has 0 amide bonds. The summed E-state index contributed by atoms with van der Waals surface area (Å²) < 4.78 is 0. The molecule has 2 aromatic rings. The predicted octanol–water partition coefficient (Wildman–Crippen LogP) is 3.83. The Morgan fingerprint density at radius 2 is 1.61 bits per heavy atom. The minimum atomic E-state index is 0.690. The highest BCUT2D eigenvalue weighted by Gasteiger charge is 2.08. The van der Waals surface area contributed by atoms with Gasteiger partial charge in [0, 0.05) is 18.4 Å². The molecule has 2 nitrogen and oxygen atoms in total. The summed E-state index contributed by atoms with van der Waals surface area (Å²) in [6.07, 6.45) is 0. The molecule has 0 aromatic heterocycles. The number of nitrogens with one attached hydrogen (secondary N) is 1. The highest BCUT2D eigenvalue weighted by molar-refractivity contribution is 7.80. The minimum Gasteiger partial charge on any atom is -0.332 e. The van der Waals surface area contributed by atoms with Gasteiger partial charge in [0.15, 0.2) is 5.11 Å². The lowest BCUT2D eigenvalue weighted by Gasteiger charge is -2.22. The first kappa shape index (κ1) is 12.6. The topological polar surface area (TPSA) is 15.3 Å². The van der Waals surface area contributed by atoms with E-state index >= 15 is 0 Å². The molecule has 2 rings (SSSR count). The highest BCUT2D eigenvalue weighted by atomic mass is 32.1. The number of anilines is 2. The van der Waals surface area contributed by atoms with Crippen molar-refractivity contribution < 1.29 is 0 Å². The summed E-state index contributed by atoms with van der Waals surface area (Å²) in [6.45, 7) is 2.08. The van der Waals surface area contributed by atoms with E-state index in [0.717, 1.165) is 11.4 Å². The van der Waals surface area contributed by atoms with Crippen LogP contribution in [0, 0.1) is 6.92 Å². The molecule has 92 valence electrons. The van der Waals surface area contributed by atoms with Gasteiger partial charge in [-0.3, -0.25) is 0 Å². The second-order valence-electron chi connectivity index (χ2n) is 4.14. The molecule has 0 saturated carbocycles. The van der Waals surface area contributed by atoms with Crippen molar-refractivity contribution in [3.05, 3.63) is 60.2 Å². The maximum Gasteiger partial charge on any atom is 0.177 e.